The highest BCUT2D eigenvalue weighted by atomic mass is 16.7. The quantitative estimate of drug-likeness (QED) is 0.0397. The molecule has 0 bridgehead atoms. The average Bonchev–Trinajstić information content (AvgIpc) is 3.08. The Labute approximate surface area is 289 Å². The van der Waals surface area contributed by atoms with Gasteiger partial charge in [-0.2, -0.15) is 0 Å². The summed E-state index contributed by atoms with van der Waals surface area (Å²) < 4.78 is 22.0. The molecule has 0 spiro atoms. The number of hydrogen-bond donors (Lipinski definition) is 4. The minimum absolute atomic E-state index is 0.195. The highest BCUT2D eigenvalue weighted by Gasteiger charge is 2.44. The Bertz CT molecular complexity index is 887. The lowest BCUT2D eigenvalue weighted by atomic mass is 9.99. The number of ether oxygens (including phenoxy) is 4. The average molecular weight is 683 g/mol. The van der Waals surface area contributed by atoms with E-state index in [1.807, 2.05) is 0 Å². The molecule has 0 radical (unpaired) electrons. The molecule has 6 atom stereocenters. The van der Waals surface area contributed by atoms with E-state index in [-0.39, 0.29) is 32.0 Å². The number of allylic oxidation sites excluding steroid dienone is 6. The molecule has 1 rings (SSSR count). The molecule has 1 heterocycles. The molecule has 4 N–H and O–H groups in total. The second-order valence-corrected chi connectivity index (χ2v) is 12.7. The fourth-order valence-corrected chi connectivity index (χ4v) is 5.32. The van der Waals surface area contributed by atoms with E-state index in [1.54, 1.807) is 0 Å². The van der Waals surface area contributed by atoms with Gasteiger partial charge in [0.2, 0.25) is 0 Å². The van der Waals surface area contributed by atoms with Crippen LogP contribution in [0.4, 0.5) is 0 Å². The van der Waals surface area contributed by atoms with Gasteiger partial charge in [0.25, 0.3) is 0 Å². The van der Waals surface area contributed by atoms with Gasteiger partial charge in [-0.05, 0) is 44.9 Å². The van der Waals surface area contributed by atoms with Crippen molar-refractivity contribution < 1.29 is 49.0 Å². The fraction of sp³-hybridized carbons (Fsp3) is 0.789. The van der Waals surface area contributed by atoms with Crippen molar-refractivity contribution in [3.05, 3.63) is 36.5 Å². The third-order valence-electron chi connectivity index (χ3n) is 8.29. The molecule has 0 aromatic rings. The first-order valence-electron chi connectivity index (χ1n) is 18.6. The number of unbranched alkanes of at least 4 members (excludes halogenated alkanes) is 12. The van der Waals surface area contributed by atoms with Gasteiger partial charge in [0, 0.05) is 12.8 Å². The molecule has 6 unspecified atom stereocenters. The standard InChI is InChI=1S/C38H66O10/c1-3-5-7-9-11-13-15-16-17-19-21-23-25-27-34(41)47-31(30-46-38-37(44)36(43)35(42)32(28-39)48-38)29-45-33(40)26-24-22-20-18-14-12-10-8-6-4-2/h5,7,11,13,16-17,31-32,35-39,42-44H,3-4,6,8-10,12,14-15,18-30H2,1-2H3/b7-5-,13-11-,17-16-. The Morgan fingerprint density at radius 1 is 0.667 bits per heavy atom. The third-order valence-corrected chi connectivity index (χ3v) is 8.29. The highest BCUT2D eigenvalue weighted by Crippen LogP contribution is 2.22. The molecule has 1 fully saturated rings. The molecule has 1 aliphatic rings. The summed E-state index contributed by atoms with van der Waals surface area (Å²) in [5, 5.41) is 39.8. The zero-order valence-electron chi connectivity index (χ0n) is 29.7. The van der Waals surface area contributed by atoms with Gasteiger partial charge in [-0.25, -0.2) is 0 Å². The van der Waals surface area contributed by atoms with Gasteiger partial charge in [-0.15, -0.1) is 0 Å². The van der Waals surface area contributed by atoms with Crippen LogP contribution in [0.2, 0.25) is 0 Å². The van der Waals surface area contributed by atoms with Crippen LogP contribution < -0.4 is 0 Å². The van der Waals surface area contributed by atoms with Crippen LogP contribution >= 0.6 is 0 Å². The molecule has 10 nitrogen and oxygen atoms in total. The Kier molecular flexibility index (Phi) is 27.3. The predicted octanol–water partition coefficient (Wildman–Crippen LogP) is 6.38. The first kappa shape index (κ1) is 43.9. The second-order valence-electron chi connectivity index (χ2n) is 12.7. The summed E-state index contributed by atoms with van der Waals surface area (Å²) >= 11 is 0. The molecule has 0 aromatic heterocycles. The molecule has 0 saturated carbocycles. The molecular weight excluding hydrogens is 616 g/mol. The van der Waals surface area contributed by atoms with Crippen molar-refractivity contribution in [2.45, 2.75) is 173 Å². The highest BCUT2D eigenvalue weighted by molar-refractivity contribution is 5.70. The van der Waals surface area contributed by atoms with E-state index in [0.717, 1.165) is 57.8 Å². The lowest BCUT2D eigenvalue weighted by Crippen LogP contribution is -2.59. The van der Waals surface area contributed by atoms with Gasteiger partial charge in [0.1, 0.15) is 31.0 Å². The molecule has 10 heteroatoms. The monoisotopic (exact) mass is 682 g/mol. The normalized spacial score (nSPS) is 22.2. The number of aliphatic hydroxyl groups excluding tert-OH is 4. The lowest BCUT2D eigenvalue weighted by Gasteiger charge is -2.39. The van der Waals surface area contributed by atoms with E-state index in [2.05, 4.69) is 50.3 Å². The van der Waals surface area contributed by atoms with Crippen molar-refractivity contribution in [2.24, 2.45) is 0 Å². The van der Waals surface area contributed by atoms with Crippen LogP contribution in [0.15, 0.2) is 36.5 Å². The van der Waals surface area contributed by atoms with Crippen LogP contribution in [-0.2, 0) is 28.5 Å². The largest absolute Gasteiger partial charge is 0.462 e. The van der Waals surface area contributed by atoms with Crippen LogP contribution in [0.1, 0.15) is 136 Å². The van der Waals surface area contributed by atoms with E-state index >= 15 is 0 Å². The SMILES string of the molecule is CC/C=C\C/C=C\C/C=C\CCCCCC(=O)OC(COC(=O)CCCCCCCCCCCC)COC1OC(CO)C(O)C(O)C1O. The summed E-state index contributed by atoms with van der Waals surface area (Å²) in [4.78, 5) is 25.1. The summed E-state index contributed by atoms with van der Waals surface area (Å²) in [7, 11) is 0. The number of aliphatic hydroxyl groups is 4. The maximum absolute atomic E-state index is 12.6. The molecule has 0 amide bonds. The van der Waals surface area contributed by atoms with E-state index in [9.17, 15) is 30.0 Å². The van der Waals surface area contributed by atoms with Crippen molar-refractivity contribution >= 4 is 11.9 Å². The summed E-state index contributed by atoms with van der Waals surface area (Å²) in [6.45, 7) is 3.23. The second kappa shape index (κ2) is 29.8. The lowest BCUT2D eigenvalue weighted by molar-refractivity contribution is -0.305. The number of rotatable bonds is 29. The molecule has 48 heavy (non-hydrogen) atoms. The number of carbonyl (C=O) groups excluding carboxylic acids is 2. The number of carbonyl (C=O) groups is 2. The van der Waals surface area contributed by atoms with Crippen LogP contribution in [0.25, 0.3) is 0 Å². The molecule has 0 aliphatic carbocycles. The van der Waals surface area contributed by atoms with E-state index in [1.165, 1.54) is 44.9 Å². The number of hydrogen-bond acceptors (Lipinski definition) is 10. The molecule has 1 saturated heterocycles. The topological polar surface area (TPSA) is 152 Å². The summed E-state index contributed by atoms with van der Waals surface area (Å²) in [5.41, 5.74) is 0. The molecule has 1 aliphatic heterocycles. The Hall–Kier alpha value is -2.08. The Balaban J connectivity index is 2.45. The van der Waals surface area contributed by atoms with Gasteiger partial charge < -0.3 is 39.4 Å². The zero-order valence-corrected chi connectivity index (χ0v) is 29.7. The van der Waals surface area contributed by atoms with Crippen LogP contribution in [-0.4, -0.2) is 89.0 Å². The minimum atomic E-state index is -1.60. The first-order chi connectivity index (χ1) is 23.3. The van der Waals surface area contributed by atoms with Gasteiger partial charge in [0.15, 0.2) is 12.4 Å². The maximum Gasteiger partial charge on any atom is 0.306 e. The molecular formula is C38H66O10. The van der Waals surface area contributed by atoms with E-state index < -0.39 is 49.4 Å². The number of esters is 2. The van der Waals surface area contributed by atoms with E-state index in [0.29, 0.717) is 6.42 Å². The Morgan fingerprint density at radius 3 is 1.85 bits per heavy atom. The van der Waals surface area contributed by atoms with Crippen LogP contribution in [0, 0.1) is 0 Å². The summed E-state index contributed by atoms with van der Waals surface area (Å²) in [5.74, 6) is -0.846. The first-order valence-corrected chi connectivity index (χ1v) is 18.6. The van der Waals surface area contributed by atoms with Crippen molar-refractivity contribution in [2.75, 3.05) is 19.8 Å². The van der Waals surface area contributed by atoms with Crippen molar-refractivity contribution in [1.29, 1.82) is 0 Å². The van der Waals surface area contributed by atoms with Gasteiger partial charge >= 0.3 is 11.9 Å². The summed E-state index contributed by atoms with van der Waals surface area (Å²) in [6, 6.07) is 0. The van der Waals surface area contributed by atoms with Gasteiger partial charge in [-0.3, -0.25) is 9.59 Å². The third kappa shape index (κ3) is 21.8. The minimum Gasteiger partial charge on any atom is -0.462 e. The maximum atomic E-state index is 12.6. The molecule has 278 valence electrons. The summed E-state index contributed by atoms with van der Waals surface area (Å²) in [6.07, 6.45) is 23.1. The zero-order chi connectivity index (χ0) is 35.2. The van der Waals surface area contributed by atoms with Crippen molar-refractivity contribution in [3.63, 3.8) is 0 Å². The fourth-order valence-electron chi connectivity index (χ4n) is 5.32. The molecule has 0 aromatic carbocycles. The smallest absolute Gasteiger partial charge is 0.306 e. The van der Waals surface area contributed by atoms with Crippen molar-refractivity contribution in [3.8, 4) is 0 Å². The van der Waals surface area contributed by atoms with Crippen molar-refractivity contribution in [1.82, 2.24) is 0 Å². The Morgan fingerprint density at radius 2 is 1.23 bits per heavy atom. The van der Waals surface area contributed by atoms with Crippen LogP contribution in [0.5, 0.6) is 0 Å². The predicted molar refractivity (Wildman–Crippen MR) is 187 cm³/mol. The van der Waals surface area contributed by atoms with Crippen LogP contribution in [0.3, 0.4) is 0 Å². The van der Waals surface area contributed by atoms with E-state index in [4.69, 9.17) is 18.9 Å². The van der Waals surface area contributed by atoms with Gasteiger partial charge in [-0.1, -0.05) is 115 Å². The van der Waals surface area contributed by atoms with Gasteiger partial charge in [0.05, 0.1) is 13.2 Å².